The van der Waals surface area contributed by atoms with Crippen molar-refractivity contribution in [1.29, 1.82) is 0 Å². The zero-order valence-corrected chi connectivity index (χ0v) is 12.1. The minimum atomic E-state index is 0.536. The minimum absolute atomic E-state index is 0.536. The fourth-order valence-electron chi connectivity index (χ4n) is 2.66. The zero-order valence-electron chi connectivity index (χ0n) is 12.1. The molecular weight excluding hydrogens is 194 g/mol. The maximum Gasteiger partial charge on any atom is 0.000215 e. The van der Waals surface area contributed by atoms with E-state index in [0.29, 0.717) is 5.41 Å². The summed E-state index contributed by atoms with van der Waals surface area (Å²) in [7, 11) is 2.08. The van der Waals surface area contributed by atoms with E-state index in [1.54, 1.807) is 0 Å². The van der Waals surface area contributed by atoms with E-state index in [2.05, 4.69) is 33.1 Å². The molecule has 0 aromatic heterocycles. The molecule has 0 spiro atoms. The lowest BCUT2D eigenvalue weighted by Gasteiger charge is -2.29. The van der Waals surface area contributed by atoms with Crippen LogP contribution in [0.1, 0.15) is 78.6 Å². The highest BCUT2D eigenvalue weighted by Crippen LogP contribution is 2.29. The Morgan fingerprint density at radius 1 is 0.812 bits per heavy atom. The molecule has 1 atom stereocenters. The van der Waals surface area contributed by atoms with Crippen LogP contribution in [0.5, 0.6) is 0 Å². The van der Waals surface area contributed by atoms with Crippen LogP contribution in [0.2, 0.25) is 0 Å². The first-order valence-electron chi connectivity index (χ1n) is 7.33. The van der Waals surface area contributed by atoms with Crippen molar-refractivity contribution in [1.82, 2.24) is 5.32 Å². The monoisotopic (exact) mass is 227 g/mol. The third kappa shape index (κ3) is 8.15. The molecule has 0 bridgehead atoms. The second-order valence-electron chi connectivity index (χ2n) is 5.61. The van der Waals surface area contributed by atoms with E-state index in [4.69, 9.17) is 0 Å². The number of hydrogen-bond acceptors (Lipinski definition) is 1. The van der Waals surface area contributed by atoms with Crippen molar-refractivity contribution < 1.29 is 0 Å². The van der Waals surface area contributed by atoms with Gasteiger partial charge in [0.15, 0.2) is 0 Å². The first kappa shape index (κ1) is 16.0. The summed E-state index contributed by atoms with van der Waals surface area (Å²) in [6.07, 6.45) is 12.6. The second kappa shape index (κ2) is 10.1. The van der Waals surface area contributed by atoms with Crippen LogP contribution in [-0.4, -0.2) is 13.6 Å². The van der Waals surface area contributed by atoms with Crippen LogP contribution in [0.4, 0.5) is 0 Å². The first-order chi connectivity index (χ1) is 7.68. The fourth-order valence-corrected chi connectivity index (χ4v) is 2.66. The molecule has 1 heteroatoms. The summed E-state index contributed by atoms with van der Waals surface area (Å²) in [6.45, 7) is 8.20. The zero-order chi connectivity index (χ0) is 12.3. The van der Waals surface area contributed by atoms with Gasteiger partial charge in [-0.05, 0) is 25.3 Å². The summed E-state index contributed by atoms with van der Waals surface area (Å²) < 4.78 is 0. The van der Waals surface area contributed by atoms with Crippen molar-refractivity contribution in [3.63, 3.8) is 0 Å². The highest BCUT2D eigenvalue weighted by Gasteiger charge is 2.21. The Hall–Kier alpha value is -0.0400. The van der Waals surface area contributed by atoms with E-state index in [1.165, 1.54) is 64.3 Å². The molecular formula is C15H33N. The van der Waals surface area contributed by atoms with Gasteiger partial charge in [-0.3, -0.25) is 0 Å². The van der Waals surface area contributed by atoms with Crippen LogP contribution in [0.25, 0.3) is 0 Å². The average Bonchev–Trinajstić information content (AvgIpc) is 2.24. The Labute approximate surface area is 103 Å². The molecule has 0 amide bonds. The van der Waals surface area contributed by atoms with Gasteiger partial charge in [0.2, 0.25) is 0 Å². The molecule has 0 heterocycles. The largest absolute Gasteiger partial charge is 0.319 e. The van der Waals surface area contributed by atoms with Crippen LogP contribution in [0.3, 0.4) is 0 Å². The van der Waals surface area contributed by atoms with Crippen LogP contribution < -0.4 is 5.32 Å². The van der Waals surface area contributed by atoms with Crippen molar-refractivity contribution in [2.75, 3.05) is 13.6 Å². The standard InChI is InChI=1S/C15H33N/c1-5-7-8-9-10-11-13-15(3,12-6-2)14-16-4/h16H,5-14H2,1-4H3. The molecule has 0 aliphatic rings. The summed E-state index contributed by atoms with van der Waals surface area (Å²) in [4.78, 5) is 0. The number of rotatable bonds is 11. The number of unbranched alkanes of at least 4 members (excludes halogenated alkanes) is 5. The van der Waals surface area contributed by atoms with Gasteiger partial charge in [-0.25, -0.2) is 0 Å². The molecule has 0 aliphatic carbocycles. The Morgan fingerprint density at radius 3 is 2.00 bits per heavy atom. The van der Waals surface area contributed by atoms with E-state index < -0.39 is 0 Å². The average molecular weight is 227 g/mol. The lowest BCUT2D eigenvalue weighted by atomic mass is 9.80. The molecule has 16 heavy (non-hydrogen) atoms. The van der Waals surface area contributed by atoms with Crippen LogP contribution in [0, 0.1) is 5.41 Å². The van der Waals surface area contributed by atoms with Crippen molar-refractivity contribution in [2.24, 2.45) is 5.41 Å². The molecule has 0 radical (unpaired) electrons. The molecule has 0 aliphatic heterocycles. The summed E-state index contributed by atoms with van der Waals surface area (Å²) in [6, 6.07) is 0. The third-order valence-corrected chi connectivity index (χ3v) is 3.59. The Balaban J connectivity index is 3.59. The molecule has 0 fully saturated rings. The van der Waals surface area contributed by atoms with E-state index in [9.17, 15) is 0 Å². The predicted molar refractivity (Wildman–Crippen MR) is 74.9 cm³/mol. The maximum absolute atomic E-state index is 3.35. The Morgan fingerprint density at radius 2 is 1.44 bits per heavy atom. The summed E-state index contributed by atoms with van der Waals surface area (Å²) >= 11 is 0. The molecule has 0 aromatic carbocycles. The third-order valence-electron chi connectivity index (χ3n) is 3.59. The summed E-state index contributed by atoms with van der Waals surface area (Å²) in [5.41, 5.74) is 0.536. The molecule has 0 aromatic rings. The van der Waals surface area contributed by atoms with Crippen LogP contribution >= 0.6 is 0 Å². The van der Waals surface area contributed by atoms with Gasteiger partial charge in [0, 0.05) is 6.54 Å². The normalized spacial score (nSPS) is 15.0. The van der Waals surface area contributed by atoms with E-state index in [1.807, 2.05) is 0 Å². The fraction of sp³-hybridized carbons (Fsp3) is 1.00. The van der Waals surface area contributed by atoms with E-state index >= 15 is 0 Å². The Bertz CT molecular complexity index is 136. The molecule has 0 rings (SSSR count). The van der Waals surface area contributed by atoms with Gasteiger partial charge in [0.25, 0.3) is 0 Å². The predicted octanol–water partition coefficient (Wildman–Crippen LogP) is 4.76. The van der Waals surface area contributed by atoms with Crippen molar-refractivity contribution in [2.45, 2.75) is 78.6 Å². The van der Waals surface area contributed by atoms with Crippen molar-refractivity contribution >= 4 is 0 Å². The van der Waals surface area contributed by atoms with Crippen molar-refractivity contribution in [3.05, 3.63) is 0 Å². The number of hydrogen-bond donors (Lipinski definition) is 1. The minimum Gasteiger partial charge on any atom is -0.319 e. The van der Waals surface area contributed by atoms with Crippen LogP contribution in [0.15, 0.2) is 0 Å². The molecule has 0 saturated heterocycles. The van der Waals surface area contributed by atoms with Gasteiger partial charge in [0.05, 0.1) is 0 Å². The second-order valence-corrected chi connectivity index (χ2v) is 5.61. The van der Waals surface area contributed by atoms with Crippen molar-refractivity contribution in [3.8, 4) is 0 Å². The maximum atomic E-state index is 3.35. The van der Waals surface area contributed by atoms with Gasteiger partial charge >= 0.3 is 0 Å². The van der Waals surface area contributed by atoms with E-state index in [-0.39, 0.29) is 0 Å². The quantitative estimate of drug-likeness (QED) is 0.502. The van der Waals surface area contributed by atoms with Gasteiger partial charge in [0.1, 0.15) is 0 Å². The van der Waals surface area contributed by atoms with Gasteiger partial charge in [-0.1, -0.05) is 65.7 Å². The van der Waals surface area contributed by atoms with Gasteiger partial charge in [-0.15, -0.1) is 0 Å². The van der Waals surface area contributed by atoms with Gasteiger partial charge in [-0.2, -0.15) is 0 Å². The highest BCUT2D eigenvalue weighted by molar-refractivity contribution is 4.75. The SMILES string of the molecule is CCCCCCCCC(C)(CCC)CNC. The smallest absolute Gasteiger partial charge is 0.000215 e. The first-order valence-corrected chi connectivity index (χ1v) is 7.33. The summed E-state index contributed by atoms with van der Waals surface area (Å²) in [5.74, 6) is 0. The summed E-state index contributed by atoms with van der Waals surface area (Å²) in [5, 5.41) is 3.35. The lowest BCUT2D eigenvalue weighted by Crippen LogP contribution is -2.29. The van der Waals surface area contributed by atoms with Gasteiger partial charge < -0.3 is 5.32 Å². The Kier molecular flexibility index (Phi) is 10.1. The molecule has 1 N–H and O–H groups in total. The highest BCUT2D eigenvalue weighted by atomic mass is 14.8. The molecule has 0 saturated carbocycles. The molecule has 1 nitrogen and oxygen atoms in total. The molecule has 98 valence electrons. The van der Waals surface area contributed by atoms with Crippen LogP contribution in [-0.2, 0) is 0 Å². The molecule has 1 unspecified atom stereocenters. The number of nitrogens with one attached hydrogen (secondary N) is 1. The topological polar surface area (TPSA) is 12.0 Å². The lowest BCUT2D eigenvalue weighted by molar-refractivity contribution is 0.252. The van der Waals surface area contributed by atoms with E-state index in [0.717, 1.165) is 0 Å².